The number of nitrogens with zero attached hydrogens (tertiary/aromatic N) is 7. The Morgan fingerprint density at radius 2 is 1.84 bits per heavy atom. The minimum Gasteiger partial charge on any atom is -0.336 e. The number of aromatic nitrogens is 5. The lowest BCUT2D eigenvalue weighted by Gasteiger charge is -2.40. The number of imidazole rings is 1. The van der Waals surface area contributed by atoms with Crippen LogP contribution in [-0.4, -0.2) is 78.6 Å². The van der Waals surface area contributed by atoms with Crippen molar-refractivity contribution in [1.29, 1.82) is 0 Å². The highest BCUT2D eigenvalue weighted by molar-refractivity contribution is 5.94. The van der Waals surface area contributed by atoms with E-state index in [-0.39, 0.29) is 53.1 Å². The first-order valence-corrected chi connectivity index (χ1v) is 13.8. The first kappa shape index (κ1) is 30.3. The van der Waals surface area contributed by atoms with E-state index in [2.05, 4.69) is 25.3 Å². The number of pyridine rings is 1. The predicted octanol–water partition coefficient (Wildman–Crippen LogP) is 5.90. The molecular weight excluding hydrogens is 571 g/mol. The number of anilines is 2. The van der Waals surface area contributed by atoms with Gasteiger partial charge >= 0.3 is 6.18 Å². The van der Waals surface area contributed by atoms with Crippen molar-refractivity contribution < 1.29 is 26.7 Å². The average Bonchev–Trinajstić information content (AvgIpc) is 3.29. The summed E-state index contributed by atoms with van der Waals surface area (Å²) in [4.78, 5) is 33.1. The summed E-state index contributed by atoms with van der Waals surface area (Å²) in [6, 6.07) is 5.71. The Morgan fingerprint density at radius 3 is 2.49 bits per heavy atom. The highest BCUT2D eigenvalue weighted by Crippen LogP contribution is 2.30. The highest BCUT2D eigenvalue weighted by atomic mass is 19.4. The van der Waals surface area contributed by atoms with E-state index in [0.29, 0.717) is 36.5 Å². The molecule has 0 bridgehead atoms. The molecule has 1 N–H and O–H groups in total. The maximum absolute atomic E-state index is 15.0. The lowest BCUT2D eigenvalue weighted by Crippen LogP contribution is -2.54. The van der Waals surface area contributed by atoms with Crippen molar-refractivity contribution in [3.05, 3.63) is 59.7 Å². The molecule has 0 radical (unpaired) electrons. The van der Waals surface area contributed by atoms with E-state index in [0.717, 1.165) is 6.20 Å². The van der Waals surface area contributed by atoms with Crippen molar-refractivity contribution in [3.8, 4) is 11.3 Å². The summed E-state index contributed by atoms with van der Waals surface area (Å²) in [5.41, 5.74) is 1.13. The van der Waals surface area contributed by atoms with Crippen LogP contribution >= 0.6 is 0 Å². The van der Waals surface area contributed by atoms with E-state index in [1.54, 1.807) is 41.8 Å². The number of hydrogen-bond donors (Lipinski definition) is 1. The Labute approximate surface area is 244 Å². The van der Waals surface area contributed by atoms with Crippen molar-refractivity contribution >= 4 is 28.7 Å². The molecule has 1 amide bonds. The van der Waals surface area contributed by atoms with Gasteiger partial charge in [-0.2, -0.15) is 13.2 Å². The molecular formula is C29H31F5N8O. The lowest BCUT2D eigenvalue weighted by molar-refractivity contribution is -0.140. The van der Waals surface area contributed by atoms with Gasteiger partial charge in [0, 0.05) is 50.0 Å². The SMILES string of the molecule is Cc1nc2c(F)cc(-c3nc(Nc4ccc(C(=O)N5CCN(CCC(F)(F)F)[C@H](C)C5)cn4)ncc3F)cc2n1C(C)C. The number of aryl methyl sites for hydroxylation is 1. The third-order valence-corrected chi connectivity index (χ3v) is 7.44. The number of amides is 1. The largest absolute Gasteiger partial charge is 0.390 e. The van der Waals surface area contributed by atoms with Gasteiger partial charge in [-0.3, -0.25) is 9.69 Å². The first-order valence-electron chi connectivity index (χ1n) is 13.8. The number of fused-ring (bicyclic) bond motifs is 1. The number of carbonyl (C=O) groups excluding carboxylic acids is 1. The Morgan fingerprint density at radius 1 is 1.07 bits per heavy atom. The molecule has 9 nitrogen and oxygen atoms in total. The van der Waals surface area contributed by atoms with Crippen LogP contribution in [0.25, 0.3) is 22.3 Å². The Hall–Kier alpha value is -4.20. The molecule has 1 fully saturated rings. The second kappa shape index (κ2) is 11.8. The molecule has 1 saturated heterocycles. The zero-order valence-electron chi connectivity index (χ0n) is 24.1. The summed E-state index contributed by atoms with van der Waals surface area (Å²) in [7, 11) is 0. The zero-order valence-corrected chi connectivity index (χ0v) is 24.1. The molecule has 4 aromatic rings. The molecule has 228 valence electrons. The third-order valence-electron chi connectivity index (χ3n) is 7.44. The molecule has 1 atom stereocenters. The number of rotatable bonds is 7. The number of alkyl halides is 3. The van der Waals surface area contributed by atoms with E-state index in [1.807, 2.05) is 18.4 Å². The van der Waals surface area contributed by atoms with Crippen LogP contribution in [0.1, 0.15) is 49.4 Å². The molecule has 4 heterocycles. The molecule has 0 aliphatic carbocycles. The van der Waals surface area contributed by atoms with Gasteiger partial charge in [0.1, 0.15) is 22.9 Å². The molecule has 3 aromatic heterocycles. The van der Waals surface area contributed by atoms with Gasteiger partial charge in [-0.25, -0.2) is 28.7 Å². The molecule has 43 heavy (non-hydrogen) atoms. The van der Waals surface area contributed by atoms with E-state index < -0.39 is 24.2 Å². The van der Waals surface area contributed by atoms with Crippen molar-refractivity contribution in [2.75, 3.05) is 31.5 Å². The van der Waals surface area contributed by atoms with Crippen LogP contribution in [0.5, 0.6) is 0 Å². The quantitative estimate of drug-likeness (QED) is 0.264. The zero-order chi connectivity index (χ0) is 31.1. The summed E-state index contributed by atoms with van der Waals surface area (Å²) < 4.78 is 69.5. The van der Waals surface area contributed by atoms with Crippen LogP contribution in [-0.2, 0) is 0 Å². The van der Waals surface area contributed by atoms with Gasteiger partial charge < -0.3 is 14.8 Å². The van der Waals surface area contributed by atoms with Crippen molar-refractivity contribution in [3.63, 3.8) is 0 Å². The first-order chi connectivity index (χ1) is 20.3. The van der Waals surface area contributed by atoms with Crippen LogP contribution in [0.4, 0.5) is 33.7 Å². The Bertz CT molecular complexity index is 1640. The number of benzene rings is 1. The van der Waals surface area contributed by atoms with Crippen molar-refractivity contribution in [2.24, 2.45) is 0 Å². The van der Waals surface area contributed by atoms with Crippen LogP contribution in [0.2, 0.25) is 0 Å². The second-order valence-corrected chi connectivity index (χ2v) is 10.9. The lowest BCUT2D eigenvalue weighted by atomic mass is 10.1. The van der Waals surface area contributed by atoms with Crippen molar-refractivity contribution in [1.82, 2.24) is 34.3 Å². The summed E-state index contributed by atoms with van der Waals surface area (Å²) in [5.74, 6) is -0.678. The number of halogens is 5. The van der Waals surface area contributed by atoms with Gasteiger partial charge in [0.2, 0.25) is 5.95 Å². The van der Waals surface area contributed by atoms with Crippen LogP contribution in [0.3, 0.4) is 0 Å². The van der Waals surface area contributed by atoms with E-state index in [9.17, 15) is 26.7 Å². The summed E-state index contributed by atoms with van der Waals surface area (Å²) in [5, 5.41) is 2.88. The van der Waals surface area contributed by atoms with Gasteiger partial charge in [-0.15, -0.1) is 0 Å². The number of piperazine rings is 1. The molecule has 5 rings (SSSR count). The molecule has 0 spiro atoms. The maximum atomic E-state index is 15.0. The average molecular weight is 603 g/mol. The van der Waals surface area contributed by atoms with E-state index in [4.69, 9.17) is 0 Å². The second-order valence-electron chi connectivity index (χ2n) is 10.9. The Kier molecular flexibility index (Phi) is 8.32. The normalized spacial score (nSPS) is 16.3. The molecule has 0 unspecified atom stereocenters. The number of nitrogens with one attached hydrogen (secondary N) is 1. The number of carbonyl (C=O) groups is 1. The van der Waals surface area contributed by atoms with Crippen LogP contribution in [0.15, 0.2) is 36.7 Å². The third kappa shape index (κ3) is 6.58. The summed E-state index contributed by atoms with van der Waals surface area (Å²) in [6.45, 7) is 8.31. The van der Waals surface area contributed by atoms with Gasteiger partial charge in [0.15, 0.2) is 11.6 Å². The summed E-state index contributed by atoms with van der Waals surface area (Å²) in [6.07, 6.45) is -2.77. The van der Waals surface area contributed by atoms with Gasteiger partial charge in [-0.05, 0) is 52.0 Å². The standard InChI is InChI=1S/C29H31F5N8O/c1-16(2)42-18(4)37-26-21(30)11-20(12-23(26)42)25-22(31)14-36-28(39-25)38-24-6-5-19(13-35-24)27(43)41-10-9-40(17(3)15-41)8-7-29(32,33)34/h5-6,11-14,16-17H,7-10,15H2,1-4H3,(H,35,36,38,39)/t17-/m1/s1. The number of hydrogen-bond acceptors (Lipinski definition) is 7. The van der Waals surface area contributed by atoms with E-state index in [1.165, 1.54) is 12.3 Å². The molecule has 1 aliphatic heterocycles. The van der Waals surface area contributed by atoms with Gasteiger partial charge in [-0.1, -0.05) is 0 Å². The highest BCUT2D eigenvalue weighted by Gasteiger charge is 2.32. The van der Waals surface area contributed by atoms with Gasteiger partial charge in [0.25, 0.3) is 5.91 Å². The molecule has 14 heteroatoms. The topological polar surface area (TPSA) is 92.1 Å². The summed E-state index contributed by atoms with van der Waals surface area (Å²) >= 11 is 0. The van der Waals surface area contributed by atoms with Crippen molar-refractivity contribution in [2.45, 2.75) is 52.4 Å². The van der Waals surface area contributed by atoms with E-state index >= 15 is 0 Å². The fraction of sp³-hybridized carbons (Fsp3) is 0.414. The minimum atomic E-state index is -4.22. The molecule has 1 aromatic carbocycles. The smallest absolute Gasteiger partial charge is 0.336 e. The van der Waals surface area contributed by atoms with Crippen LogP contribution in [0, 0.1) is 18.6 Å². The molecule has 0 saturated carbocycles. The fourth-order valence-corrected chi connectivity index (χ4v) is 5.36. The van der Waals surface area contributed by atoms with Crippen LogP contribution < -0.4 is 5.32 Å². The Balaban J connectivity index is 1.29. The maximum Gasteiger partial charge on any atom is 0.390 e. The predicted molar refractivity (Wildman–Crippen MR) is 151 cm³/mol. The molecule has 1 aliphatic rings. The van der Waals surface area contributed by atoms with Gasteiger partial charge in [0.05, 0.1) is 23.7 Å². The fourth-order valence-electron chi connectivity index (χ4n) is 5.36. The minimum absolute atomic E-state index is 0.00401. The monoisotopic (exact) mass is 602 g/mol.